The molecular formula is C18H14F5NO2. The van der Waals surface area contributed by atoms with Crippen molar-refractivity contribution in [1.82, 2.24) is 0 Å². The predicted octanol–water partition coefficient (Wildman–Crippen LogP) is 4.86. The van der Waals surface area contributed by atoms with E-state index in [0.29, 0.717) is 0 Å². The van der Waals surface area contributed by atoms with Crippen LogP contribution in [-0.2, 0) is 0 Å². The van der Waals surface area contributed by atoms with Gasteiger partial charge in [-0.25, -0.2) is 22.0 Å². The Balaban J connectivity index is 2.50. The van der Waals surface area contributed by atoms with Crippen molar-refractivity contribution in [2.75, 3.05) is 5.32 Å². The molecule has 0 aliphatic heterocycles. The highest BCUT2D eigenvalue weighted by Crippen LogP contribution is 2.28. The smallest absolute Gasteiger partial charge is 0.261 e. The minimum atomic E-state index is -2.36. The van der Waals surface area contributed by atoms with Gasteiger partial charge in [0.25, 0.3) is 5.91 Å². The molecule has 8 heteroatoms. The van der Waals surface area contributed by atoms with E-state index in [-0.39, 0.29) is 17.0 Å². The molecule has 3 nitrogen and oxygen atoms in total. The molecule has 0 atom stereocenters. The summed E-state index contributed by atoms with van der Waals surface area (Å²) < 4.78 is 67.1. The highest BCUT2D eigenvalue weighted by Gasteiger charge is 2.31. The second kappa shape index (κ2) is 6.86. The van der Waals surface area contributed by atoms with Crippen LogP contribution in [0.25, 0.3) is 0 Å². The molecule has 1 N–H and O–H groups in total. The third-order valence-electron chi connectivity index (χ3n) is 3.54. The maximum absolute atomic E-state index is 13.8. The average molecular weight is 371 g/mol. The lowest BCUT2D eigenvalue weighted by atomic mass is 9.86. The Hall–Kier alpha value is -2.77. The van der Waals surface area contributed by atoms with E-state index in [4.69, 9.17) is 0 Å². The fourth-order valence-electron chi connectivity index (χ4n) is 2.18. The van der Waals surface area contributed by atoms with E-state index in [9.17, 15) is 31.5 Å². The van der Waals surface area contributed by atoms with Crippen molar-refractivity contribution in [3.63, 3.8) is 0 Å². The van der Waals surface area contributed by atoms with E-state index < -0.39 is 46.0 Å². The van der Waals surface area contributed by atoms with Crippen LogP contribution in [0.5, 0.6) is 0 Å². The predicted molar refractivity (Wildman–Crippen MR) is 84.4 cm³/mol. The number of Topliss-reactive ketones (excluding diaryl/α,β-unsaturated/α-hetero) is 1. The highest BCUT2D eigenvalue weighted by molar-refractivity contribution is 6.10. The average Bonchev–Trinajstić information content (AvgIpc) is 2.57. The molecule has 0 saturated heterocycles. The first-order chi connectivity index (χ1) is 12.0. The molecule has 0 aliphatic carbocycles. The molecule has 26 heavy (non-hydrogen) atoms. The quantitative estimate of drug-likeness (QED) is 0.362. The maximum atomic E-state index is 13.8. The molecule has 0 unspecified atom stereocenters. The van der Waals surface area contributed by atoms with Gasteiger partial charge in [-0.2, -0.15) is 0 Å². The van der Waals surface area contributed by atoms with Gasteiger partial charge in [-0.05, 0) is 12.1 Å². The standard InChI is InChI=1S/C18H14F5NO2/c1-18(2,3)16(25)8-6-4-5-7-9(8)24-17(26)10-11(19)13(21)15(23)14(22)12(10)20/h4-7H,1-3H3,(H,24,26). The lowest BCUT2D eigenvalue weighted by Gasteiger charge is -2.19. The van der Waals surface area contributed by atoms with Crippen molar-refractivity contribution < 1.29 is 31.5 Å². The number of carbonyl (C=O) groups excluding carboxylic acids is 2. The van der Waals surface area contributed by atoms with Gasteiger partial charge >= 0.3 is 0 Å². The Morgan fingerprint density at radius 2 is 1.27 bits per heavy atom. The zero-order valence-corrected chi connectivity index (χ0v) is 14.0. The minimum absolute atomic E-state index is 0.0391. The van der Waals surface area contributed by atoms with Crippen LogP contribution in [0.15, 0.2) is 24.3 Å². The molecule has 0 bridgehead atoms. The number of para-hydroxylation sites is 1. The number of nitrogens with one attached hydrogen (secondary N) is 1. The van der Waals surface area contributed by atoms with Crippen LogP contribution in [0.4, 0.5) is 27.6 Å². The number of hydrogen-bond acceptors (Lipinski definition) is 2. The second-order valence-corrected chi connectivity index (χ2v) is 6.52. The third-order valence-corrected chi connectivity index (χ3v) is 3.54. The normalized spacial score (nSPS) is 11.4. The van der Waals surface area contributed by atoms with E-state index in [0.717, 1.165) is 0 Å². The Labute approximate surface area is 145 Å². The van der Waals surface area contributed by atoms with Gasteiger partial charge in [0.15, 0.2) is 29.1 Å². The lowest BCUT2D eigenvalue weighted by Crippen LogP contribution is -2.24. The first-order valence-corrected chi connectivity index (χ1v) is 7.43. The minimum Gasteiger partial charge on any atom is -0.321 e. The summed E-state index contributed by atoms with van der Waals surface area (Å²) in [6, 6.07) is 5.60. The third kappa shape index (κ3) is 3.44. The first kappa shape index (κ1) is 19.6. The van der Waals surface area contributed by atoms with Crippen molar-refractivity contribution >= 4 is 17.4 Å². The summed E-state index contributed by atoms with van der Waals surface area (Å²) in [7, 11) is 0. The van der Waals surface area contributed by atoms with E-state index in [1.54, 1.807) is 20.8 Å². The van der Waals surface area contributed by atoms with Gasteiger partial charge in [0, 0.05) is 11.0 Å². The molecule has 0 radical (unpaired) electrons. The maximum Gasteiger partial charge on any atom is 0.261 e. The molecule has 0 heterocycles. The monoisotopic (exact) mass is 371 g/mol. The van der Waals surface area contributed by atoms with Gasteiger partial charge in [0.05, 0.1) is 5.69 Å². The van der Waals surface area contributed by atoms with Crippen molar-refractivity contribution in [1.29, 1.82) is 0 Å². The molecule has 1 amide bonds. The molecule has 0 spiro atoms. The summed E-state index contributed by atoms with van der Waals surface area (Å²) in [6.07, 6.45) is 0. The molecule has 0 aromatic heterocycles. The van der Waals surface area contributed by atoms with E-state index in [1.807, 2.05) is 5.32 Å². The molecule has 0 saturated carbocycles. The van der Waals surface area contributed by atoms with Gasteiger partial charge in [-0.1, -0.05) is 32.9 Å². The number of hydrogen-bond donors (Lipinski definition) is 1. The zero-order chi connectivity index (χ0) is 19.8. The fraction of sp³-hybridized carbons (Fsp3) is 0.222. The first-order valence-electron chi connectivity index (χ1n) is 7.43. The van der Waals surface area contributed by atoms with Crippen LogP contribution in [-0.4, -0.2) is 11.7 Å². The van der Waals surface area contributed by atoms with Crippen LogP contribution >= 0.6 is 0 Å². The molecule has 2 aromatic rings. The number of carbonyl (C=O) groups is 2. The Morgan fingerprint density at radius 1 is 0.808 bits per heavy atom. The molecule has 0 fully saturated rings. The summed E-state index contributed by atoms with van der Waals surface area (Å²) in [4.78, 5) is 24.6. The Kier molecular flexibility index (Phi) is 5.16. The number of amides is 1. The molecule has 0 aliphatic rings. The van der Waals surface area contributed by atoms with Crippen molar-refractivity contribution in [3.8, 4) is 0 Å². The highest BCUT2D eigenvalue weighted by atomic mass is 19.2. The Morgan fingerprint density at radius 3 is 1.77 bits per heavy atom. The number of rotatable bonds is 3. The van der Waals surface area contributed by atoms with Crippen LogP contribution in [0.2, 0.25) is 0 Å². The van der Waals surface area contributed by atoms with Crippen LogP contribution in [0.3, 0.4) is 0 Å². The number of ketones is 1. The number of benzene rings is 2. The molecular weight excluding hydrogens is 357 g/mol. The molecule has 2 aromatic carbocycles. The zero-order valence-electron chi connectivity index (χ0n) is 14.0. The SMILES string of the molecule is CC(C)(C)C(=O)c1ccccc1NC(=O)c1c(F)c(F)c(F)c(F)c1F. The van der Waals surface area contributed by atoms with Gasteiger partial charge in [0.2, 0.25) is 5.82 Å². The van der Waals surface area contributed by atoms with Crippen molar-refractivity contribution in [3.05, 3.63) is 64.5 Å². The Bertz CT molecular complexity index is 874. The topological polar surface area (TPSA) is 46.2 Å². The summed E-state index contributed by atoms with van der Waals surface area (Å²) >= 11 is 0. The van der Waals surface area contributed by atoms with Gasteiger partial charge in [-0.15, -0.1) is 0 Å². The van der Waals surface area contributed by atoms with Crippen molar-refractivity contribution in [2.24, 2.45) is 5.41 Å². The van der Waals surface area contributed by atoms with Gasteiger partial charge < -0.3 is 5.32 Å². The van der Waals surface area contributed by atoms with E-state index in [2.05, 4.69) is 0 Å². The van der Waals surface area contributed by atoms with Gasteiger partial charge in [0.1, 0.15) is 5.56 Å². The van der Waals surface area contributed by atoms with E-state index >= 15 is 0 Å². The second-order valence-electron chi connectivity index (χ2n) is 6.52. The van der Waals surface area contributed by atoms with Crippen LogP contribution in [0.1, 0.15) is 41.5 Å². The van der Waals surface area contributed by atoms with Crippen LogP contribution in [0, 0.1) is 34.5 Å². The summed E-state index contributed by atoms with van der Waals surface area (Å²) in [6.45, 7) is 4.87. The van der Waals surface area contributed by atoms with Crippen LogP contribution < -0.4 is 5.32 Å². The molecule has 2 rings (SSSR count). The largest absolute Gasteiger partial charge is 0.321 e. The summed E-state index contributed by atoms with van der Waals surface area (Å²) in [5.41, 5.74) is -2.52. The lowest BCUT2D eigenvalue weighted by molar-refractivity contribution is 0.0859. The van der Waals surface area contributed by atoms with E-state index in [1.165, 1.54) is 24.3 Å². The summed E-state index contributed by atoms with van der Waals surface area (Å²) in [5.74, 6) is -13.3. The molecule has 138 valence electrons. The number of halogens is 5. The summed E-state index contributed by atoms with van der Waals surface area (Å²) in [5, 5.41) is 2.04. The van der Waals surface area contributed by atoms with Gasteiger partial charge in [-0.3, -0.25) is 9.59 Å². The number of anilines is 1. The fourth-order valence-corrected chi connectivity index (χ4v) is 2.18. The van der Waals surface area contributed by atoms with Crippen molar-refractivity contribution in [2.45, 2.75) is 20.8 Å².